The lowest BCUT2D eigenvalue weighted by atomic mass is 10.4. The van der Waals surface area contributed by atoms with Crippen LogP contribution in [0, 0.1) is 0 Å². The number of hydrazine groups is 1. The summed E-state index contributed by atoms with van der Waals surface area (Å²) in [5, 5.41) is 2.25. The predicted molar refractivity (Wildman–Crippen MR) is 47.3 cm³/mol. The van der Waals surface area contributed by atoms with Gasteiger partial charge in [0.2, 0.25) is 0 Å². The molecule has 64 valence electrons. The van der Waals surface area contributed by atoms with Crippen molar-refractivity contribution >= 4 is 0 Å². The van der Waals surface area contributed by atoms with Crippen molar-refractivity contribution in [1.82, 2.24) is 15.3 Å². The van der Waals surface area contributed by atoms with Crippen LogP contribution in [-0.4, -0.2) is 49.7 Å². The fourth-order valence-electron chi connectivity index (χ4n) is 1.16. The molecule has 3 nitrogen and oxygen atoms in total. The van der Waals surface area contributed by atoms with Gasteiger partial charge in [0, 0.05) is 32.7 Å². The standard InChI is InChI=1S/C8H17N3/c1-3-4-9-11-7-5-10(2)6-8-11/h3,9H,1,4-8H2,2H3. The Balaban J connectivity index is 2.12. The van der Waals surface area contributed by atoms with Crippen molar-refractivity contribution in [2.24, 2.45) is 0 Å². The van der Waals surface area contributed by atoms with Crippen molar-refractivity contribution in [3.63, 3.8) is 0 Å². The molecule has 0 atom stereocenters. The zero-order valence-electron chi connectivity index (χ0n) is 7.21. The van der Waals surface area contributed by atoms with Crippen LogP contribution in [0.25, 0.3) is 0 Å². The molecule has 0 unspecified atom stereocenters. The summed E-state index contributed by atoms with van der Waals surface area (Å²) in [6.07, 6.45) is 1.89. The van der Waals surface area contributed by atoms with Crippen LogP contribution in [0.1, 0.15) is 0 Å². The average Bonchev–Trinajstić information content (AvgIpc) is 2.04. The van der Waals surface area contributed by atoms with E-state index in [1.54, 1.807) is 0 Å². The highest BCUT2D eigenvalue weighted by Gasteiger charge is 2.11. The van der Waals surface area contributed by atoms with E-state index in [2.05, 4.69) is 29.0 Å². The van der Waals surface area contributed by atoms with E-state index in [1.165, 1.54) is 0 Å². The first kappa shape index (κ1) is 8.71. The van der Waals surface area contributed by atoms with Gasteiger partial charge in [0.25, 0.3) is 0 Å². The summed E-state index contributed by atoms with van der Waals surface area (Å²) in [6.45, 7) is 9.08. The third-order valence-electron chi connectivity index (χ3n) is 1.96. The molecule has 0 aliphatic carbocycles. The molecule has 1 heterocycles. The minimum Gasteiger partial charge on any atom is -0.304 e. The molecular formula is C8H17N3. The van der Waals surface area contributed by atoms with Crippen molar-refractivity contribution in [3.05, 3.63) is 12.7 Å². The second-order valence-corrected chi connectivity index (χ2v) is 2.94. The van der Waals surface area contributed by atoms with Gasteiger partial charge in [-0.25, -0.2) is 5.01 Å². The van der Waals surface area contributed by atoms with Crippen LogP contribution >= 0.6 is 0 Å². The molecule has 1 aliphatic rings. The Bertz CT molecular complexity index is 117. The maximum atomic E-state index is 3.66. The van der Waals surface area contributed by atoms with E-state index in [9.17, 15) is 0 Å². The maximum absolute atomic E-state index is 3.66. The van der Waals surface area contributed by atoms with E-state index in [0.717, 1.165) is 32.7 Å². The monoisotopic (exact) mass is 155 g/mol. The number of likely N-dealkylation sites (N-methyl/N-ethyl adjacent to an activating group) is 1. The number of nitrogens with one attached hydrogen (secondary N) is 1. The van der Waals surface area contributed by atoms with Gasteiger partial charge in [-0.1, -0.05) is 6.08 Å². The number of hydrogen-bond acceptors (Lipinski definition) is 3. The molecule has 0 radical (unpaired) electrons. The molecule has 0 aromatic heterocycles. The molecule has 0 saturated carbocycles. The highest BCUT2D eigenvalue weighted by molar-refractivity contribution is 4.71. The smallest absolute Gasteiger partial charge is 0.0280 e. The SMILES string of the molecule is C=CCNN1CCN(C)CC1. The van der Waals surface area contributed by atoms with Gasteiger partial charge < -0.3 is 4.90 Å². The summed E-state index contributed by atoms with van der Waals surface area (Å²) in [5.41, 5.74) is 3.28. The lowest BCUT2D eigenvalue weighted by Gasteiger charge is -2.32. The predicted octanol–water partition coefficient (Wildman–Crippen LogP) is -0.0756. The first-order chi connectivity index (χ1) is 5.33. The zero-order chi connectivity index (χ0) is 8.10. The maximum Gasteiger partial charge on any atom is 0.0280 e. The quantitative estimate of drug-likeness (QED) is 0.575. The van der Waals surface area contributed by atoms with Gasteiger partial charge in [-0.15, -0.1) is 6.58 Å². The van der Waals surface area contributed by atoms with Gasteiger partial charge >= 0.3 is 0 Å². The fourth-order valence-corrected chi connectivity index (χ4v) is 1.16. The molecule has 1 saturated heterocycles. The van der Waals surface area contributed by atoms with Gasteiger partial charge in [-0.3, -0.25) is 5.43 Å². The number of nitrogens with zero attached hydrogens (tertiary/aromatic N) is 2. The number of piperazine rings is 1. The average molecular weight is 155 g/mol. The summed E-state index contributed by atoms with van der Waals surface area (Å²) in [5.74, 6) is 0. The second-order valence-electron chi connectivity index (χ2n) is 2.94. The largest absolute Gasteiger partial charge is 0.304 e. The first-order valence-corrected chi connectivity index (χ1v) is 4.11. The highest BCUT2D eigenvalue weighted by Crippen LogP contribution is 1.94. The van der Waals surface area contributed by atoms with E-state index in [1.807, 2.05) is 6.08 Å². The molecule has 0 aromatic rings. The molecule has 0 aromatic carbocycles. The third kappa shape index (κ3) is 3.01. The van der Waals surface area contributed by atoms with E-state index < -0.39 is 0 Å². The Hall–Kier alpha value is -0.380. The molecular weight excluding hydrogens is 138 g/mol. The van der Waals surface area contributed by atoms with Crippen molar-refractivity contribution in [2.45, 2.75) is 0 Å². The lowest BCUT2D eigenvalue weighted by Crippen LogP contribution is -2.50. The van der Waals surface area contributed by atoms with Crippen molar-refractivity contribution in [3.8, 4) is 0 Å². The van der Waals surface area contributed by atoms with E-state index in [0.29, 0.717) is 0 Å². The summed E-state index contributed by atoms with van der Waals surface area (Å²) in [7, 11) is 2.16. The molecule has 1 aliphatic heterocycles. The number of rotatable bonds is 3. The lowest BCUT2D eigenvalue weighted by molar-refractivity contribution is 0.110. The minimum absolute atomic E-state index is 0.879. The van der Waals surface area contributed by atoms with Gasteiger partial charge in [-0.2, -0.15) is 0 Å². The van der Waals surface area contributed by atoms with Crippen LogP contribution in [-0.2, 0) is 0 Å². The van der Waals surface area contributed by atoms with Crippen molar-refractivity contribution in [1.29, 1.82) is 0 Å². The third-order valence-corrected chi connectivity index (χ3v) is 1.96. The molecule has 1 rings (SSSR count). The van der Waals surface area contributed by atoms with Crippen LogP contribution < -0.4 is 5.43 Å². The Morgan fingerprint density at radius 2 is 2.00 bits per heavy atom. The van der Waals surface area contributed by atoms with Crippen molar-refractivity contribution in [2.75, 3.05) is 39.8 Å². The zero-order valence-corrected chi connectivity index (χ0v) is 7.21. The topological polar surface area (TPSA) is 18.5 Å². The van der Waals surface area contributed by atoms with Crippen LogP contribution in [0.15, 0.2) is 12.7 Å². The number of hydrogen-bond donors (Lipinski definition) is 1. The molecule has 1 N–H and O–H groups in total. The van der Waals surface area contributed by atoms with Gasteiger partial charge in [0.15, 0.2) is 0 Å². The van der Waals surface area contributed by atoms with Gasteiger partial charge in [0.05, 0.1) is 0 Å². The Morgan fingerprint density at radius 3 is 2.55 bits per heavy atom. The molecule has 0 bridgehead atoms. The Labute approximate surface area is 68.6 Å². The van der Waals surface area contributed by atoms with E-state index in [-0.39, 0.29) is 0 Å². The molecule has 1 fully saturated rings. The molecule has 0 amide bonds. The van der Waals surface area contributed by atoms with E-state index in [4.69, 9.17) is 0 Å². The highest BCUT2D eigenvalue weighted by atomic mass is 15.5. The van der Waals surface area contributed by atoms with Crippen molar-refractivity contribution < 1.29 is 0 Å². The first-order valence-electron chi connectivity index (χ1n) is 4.11. The van der Waals surface area contributed by atoms with Crippen LogP contribution in [0.4, 0.5) is 0 Å². The van der Waals surface area contributed by atoms with Crippen LogP contribution in [0.2, 0.25) is 0 Å². The van der Waals surface area contributed by atoms with Gasteiger partial charge in [-0.05, 0) is 7.05 Å². The summed E-state index contributed by atoms with van der Waals surface area (Å²) >= 11 is 0. The molecule has 0 spiro atoms. The van der Waals surface area contributed by atoms with E-state index >= 15 is 0 Å². The summed E-state index contributed by atoms with van der Waals surface area (Å²) in [4.78, 5) is 2.34. The molecule has 11 heavy (non-hydrogen) atoms. The fraction of sp³-hybridized carbons (Fsp3) is 0.750. The second kappa shape index (κ2) is 4.49. The Morgan fingerprint density at radius 1 is 1.36 bits per heavy atom. The van der Waals surface area contributed by atoms with Crippen LogP contribution in [0.3, 0.4) is 0 Å². The summed E-state index contributed by atoms with van der Waals surface area (Å²) in [6, 6.07) is 0. The molecule has 3 heteroatoms. The normalized spacial score (nSPS) is 21.9. The van der Waals surface area contributed by atoms with Gasteiger partial charge in [0.1, 0.15) is 0 Å². The summed E-state index contributed by atoms with van der Waals surface area (Å²) < 4.78 is 0. The minimum atomic E-state index is 0.879. The van der Waals surface area contributed by atoms with Crippen LogP contribution in [0.5, 0.6) is 0 Å². The Kier molecular flexibility index (Phi) is 3.56.